The lowest BCUT2D eigenvalue weighted by atomic mass is 10.3. The first-order valence-corrected chi connectivity index (χ1v) is 14.6. The van der Waals surface area contributed by atoms with Crippen LogP contribution in [0.1, 0.15) is 30.7 Å². The highest BCUT2D eigenvalue weighted by molar-refractivity contribution is 7.85. The van der Waals surface area contributed by atoms with Crippen molar-refractivity contribution in [2.45, 2.75) is 33.1 Å². The van der Waals surface area contributed by atoms with Gasteiger partial charge in [0.15, 0.2) is 0 Å². The SMILES string of the molecule is Cc1cc(=O)nc(NC(=O)NCCCN(CCCNC(=O)Nc2nc(=O)cc(C)[nH]2)CC(=O)NCCCS(=O)(=O)O)[nH]1. The molecule has 0 atom stereocenters. The van der Waals surface area contributed by atoms with Crippen molar-refractivity contribution >= 4 is 40.0 Å². The van der Waals surface area contributed by atoms with Crippen molar-refractivity contribution in [1.82, 2.24) is 40.8 Å². The molecule has 0 aliphatic carbocycles. The number of aromatic nitrogens is 4. The average molecular weight is 613 g/mol. The van der Waals surface area contributed by atoms with E-state index in [9.17, 15) is 32.4 Å². The first-order chi connectivity index (χ1) is 19.8. The zero-order chi connectivity index (χ0) is 31.1. The second-order valence-corrected chi connectivity index (χ2v) is 10.8. The van der Waals surface area contributed by atoms with E-state index in [4.69, 9.17) is 4.55 Å². The van der Waals surface area contributed by atoms with E-state index in [2.05, 4.69) is 46.5 Å². The van der Waals surface area contributed by atoms with Gasteiger partial charge in [-0.05, 0) is 33.1 Å². The third kappa shape index (κ3) is 14.9. The summed E-state index contributed by atoms with van der Waals surface area (Å²) in [6.45, 7) is 4.56. The number of nitrogens with one attached hydrogen (secondary N) is 7. The van der Waals surface area contributed by atoms with Gasteiger partial charge in [-0.15, -0.1) is 0 Å². The summed E-state index contributed by atoms with van der Waals surface area (Å²) in [6.07, 6.45) is 0.938. The molecule has 5 amide bonds. The fourth-order valence-corrected chi connectivity index (χ4v) is 4.11. The number of aromatic amines is 2. The van der Waals surface area contributed by atoms with Crippen molar-refractivity contribution in [2.75, 3.05) is 55.7 Å². The summed E-state index contributed by atoms with van der Waals surface area (Å²) >= 11 is 0. The van der Waals surface area contributed by atoms with Crippen molar-refractivity contribution in [3.05, 3.63) is 44.2 Å². The minimum atomic E-state index is -4.12. The van der Waals surface area contributed by atoms with Crippen LogP contribution in [0.15, 0.2) is 21.7 Å². The maximum Gasteiger partial charge on any atom is 0.321 e. The predicted octanol–water partition coefficient (Wildman–Crippen LogP) is -1.11. The van der Waals surface area contributed by atoms with Crippen LogP contribution >= 0.6 is 0 Å². The van der Waals surface area contributed by atoms with E-state index < -0.39 is 39.1 Å². The van der Waals surface area contributed by atoms with E-state index in [0.717, 1.165) is 0 Å². The van der Waals surface area contributed by atoms with Gasteiger partial charge in [0.2, 0.25) is 17.8 Å². The number of H-pyrrole nitrogens is 2. The fraction of sp³-hybridized carbons (Fsp3) is 0.522. The third-order valence-corrected chi connectivity index (χ3v) is 6.17. The normalized spacial score (nSPS) is 11.1. The van der Waals surface area contributed by atoms with E-state index >= 15 is 0 Å². The van der Waals surface area contributed by atoms with Crippen LogP contribution in [0.25, 0.3) is 0 Å². The van der Waals surface area contributed by atoms with Gasteiger partial charge >= 0.3 is 12.1 Å². The fourth-order valence-electron chi connectivity index (χ4n) is 3.60. The van der Waals surface area contributed by atoms with E-state index in [1.165, 1.54) is 12.1 Å². The van der Waals surface area contributed by atoms with Crippen LogP contribution in [0.3, 0.4) is 0 Å². The van der Waals surface area contributed by atoms with Gasteiger partial charge < -0.3 is 25.9 Å². The van der Waals surface area contributed by atoms with Crippen LogP contribution in [-0.2, 0) is 14.9 Å². The molecule has 0 aliphatic rings. The Morgan fingerprint density at radius 1 is 0.810 bits per heavy atom. The topological polar surface area (TPSA) is 260 Å². The second-order valence-electron chi connectivity index (χ2n) is 9.24. The summed E-state index contributed by atoms with van der Waals surface area (Å²) in [7, 11) is -4.12. The maximum atomic E-state index is 12.4. The third-order valence-electron chi connectivity index (χ3n) is 5.36. The molecule has 0 fully saturated rings. The Hall–Kier alpha value is -4.36. The molecule has 232 valence electrons. The summed E-state index contributed by atoms with van der Waals surface area (Å²) in [6, 6.07) is 1.42. The summed E-state index contributed by atoms with van der Waals surface area (Å²) in [5.74, 6) is -0.835. The summed E-state index contributed by atoms with van der Waals surface area (Å²) in [5.41, 5.74) is 0.0706. The van der Waals surface area contributed by atoms with Gasteiger partial charge in [-0.3, -0.25) is 34.5 Å². The minimum absolute atomic E-state index is 0.00544. The molecule has 0 saturated heterocycles. The molecule has 8 N–H and O–H groups in total. The molecule has 0 spiro atoms. The molecule has 0 radical (unpaired) electrons. The highest BCUT2D eigenvalue weighted by Gasteiger charge is 2.13. The Balaban J connectivity index is 1.81. The quantitative estimate of drug-likeness (QED) is 0.0832. The zero-order valence-electron chi connectivity index (χ0n) is 23.3. The van der Waals surface area contributed by atoms with Crippen LogP contribution in [0, 0.1) is 13.8 Å². The van der Waals surface area contributed by atoms with Crippen molar-refractivity contribution < 1.29 is 27.4 Å². The number of carbonyl (C=O) groups is 3. The smallest absolute Gasteiger partial charge is 0.321 e. The molecule has 0 aliphatic heterocycles. The number of anilines is 2. The van der Waals surface area contributed by atoms with Crippen LogP contribution in [0.2, 0.25) is 0 Å². The number of hydrogen-bond acceptors (Lipinski definition) is 10. The van der Waals surface area contributed by atoms with Crippen molar-refractivity contribution in [3.63, 3.8) is 0 Å². The molecule has 18 nitrogen and oxygen atoms in total. The van der Waals surface area contributed by atoms with Crippen molar-refractivity contribution in [1.29, 1.82) is 0 Å². The largest absolute Gasteiger partial charge is 0.355 e. The number of aryl methyl sites for hydroxylation is 2. The van der Waals surface area contributed by atoms with Gasteiger partial charge in [-0.1, -0.05) is 0 Å². The highest BCUT2D eigenvalue weighted by Crippen LogP contribution is 1.98. The van der Waals surface area contributed by atoms with Crippen LogP contribution in [0.4, 0.5) is 21.5 Å². The summed E-state index contributed by atoms with van der Waals surface area (Å²) < 4.78 is 30.5. The molecule has 19 heteroatoms. The molecule has 2 aromatic rings. The molecule has 2 rings (SSSR count). The lowest BCUT2D eigenvalue weighted by molar-refractivity contribution is -0.122. The van der Waals surface area contributed by atoms with Gasteiger partial charge in [0.25, 0.3) is 21.2 Å². The van der Waals surface area contributed by atoms with Crippen LogP contribution < -0.4 is 37.7 Å². The number of hydrogen-bond donors (Lipinski definition) is 8. The molecular formula is C23H36N10O8S. The molecule has 0 aromatic carbocycles. The standard InChI is InChI=1S/C23H36N10O8S/c1-15-12-17(34)29-20(27-15)31-22(37)25-6-3-9-33(14-19(36)24-8-5-11-42(39,40)41)10-4-7-26-23(38)32-21-28-16(2)13-18(35)30-21/h12-13H,3-11,14H2,1-2H3,(H,24,36)(H,39,40,41)(H3,25,27,29,31,34,37)(H3,26,28,30,32,35,38). The van der Waals surface area contributed by atoms with E-state index in [-0.39, 0.29) is 50.4 Å². The molecule has 2 heterocycles. The number of nitrogens with zero attached hydrogens (tertiary/aromatic N) is 3. The number of amides is 5. The molecule has 0 saturated carbocycles. The van der Waals surface area contributed by atoms with Crippen LogP contribution in [0.5, 0.6) is 0 Å². The molecule has 2 aromatic heterocycles. The Morgan fingerprint density at radius 2 is 1.26 bits per heavy atom. The van der Waals surface area contributed by atoms with Crippen molar-refractivity contribution in [3.8, 4) is 0 Å². The zero-order valence-corrected chi connectivity index (χ0v) is 24.1. The monoisotopic (exact) mass is 612 g/mol. The Morgan fingerprint density at radius 3 is 1.69 bits per heavy atom. The van der Waals surface area contributed by atoms with Gasteiger partial charge in [0.05, 0.1) is 12.3 Å². The minimum Gasteiger partial charge on any atom is -0.355 e. The lowest BCUT2D eigenvalue weighted by Crippen LogP contribution is -2.41. The Bertz CT molecular complexity index is 1360. The highest BCUT2D eigenvalue weighted by atomic mass is 32.2. The average Bonchev–Trinajstić information content (AvgIpc) is 2.85. The van der Waals surface area contributed by atoms with Gasteiger partial charge in [0, 0.05) is 56.2 Å². The lowest BCUT2D eigenvalue weighted by Gasteiger charge is -2.22. The van der Waals surface area contributed by atoms with Gasteiger partial charge in [-0.25, -0.2) is 9.59 Å². The predicted molar refractivity (Wildman–Crippen MR) is 153 cm³/mol. The summed E-state index contributed by atoms with van der Waals surface area (Å²) in [5, 5.41) is 12.7. The molecule has 42 heavy (non-hydrogen) atoms. The molecule has 0 unspecified atom stereocenters. The van der Waals surface area contributed by atoms with Gasteiger partial charge in [-0.2, -0.15) is 18.4 Å². The van der Waals surface area contributed by atoms with E-state index in [1.807, 2.05) is 0 Å². The number of rotatable bonds is 16. The number of urea groups is 2. The molecule has 0 bridgehead atoms. The Kier molecular flexibility index (Phi) is 13.5. The summed E-state index contributed by atoms with van der Waals surface area (Å²) in [4.78, 5) is 74.2. The Labute approximate surface area is 241 Å². The van der Waals surface area contributed by atoms with Gasteiger partial charge in [0.1, 0.15) is 0 Å². The van der Waals surface area contributed by atoms with Crippen LogP contribution in [-0.4, -0.2) is 101 Å². The van der Waals surface area contributed by atoms with Crippen molar-refractivity contribution in [2.24, 2.45) is 0 Å². The van der Waals surface area contributed by atoms with E-state index in [1.54, 1.807) is 18.7 Å². The van der Waals surface area contributed by atoms with E-state index in [0.29, 0.717) is 37.3 Å². The number of carbonyl (C=O) groups excluding carboxylic acids is 3. The first kappa shape index (κ1) is 33.8. The second kappa shape index (κ2) is 16.8. The first-order valence-electron chi connectivity index (χ1n) is 13.0. The maximum absolute atomic E-state index is 12.4. The molecular weight excluding hydrogens is 576 g/mol.